The number of aliphatic imine (C=N–C) groups is 1. The number of thiazole rings is 1. The van der Waals surface area contributed by atoms with Crippen molar-refractivity contribution in [2.45, 2.75) is 39.2 Å². The van der Waals surface area contributed by atoms with Crippen molar-refractivity contribution in [1.82, 2.24) is 4.98 Å². The van der Waals surface area contributed by atoms with E-state index in [-0.39, 0.29) is 0 Å². The van der Waals surface area contributed by atoms with Crippen LogP contribution < -0.4 is 5.73 Å². The Morgan fingerprint density at radius 2 is 2.33 bits per heavy atom. The number of rotatable bonds is 3. The molecule has 2 N–H and O–H groups in total. The third-order valence-electron chi connectivity index (χ3n) is 2.86. The Kier molecular flexibility index (Phi) is 3.36. The highest BCUT2D eigenvalue weighted by Crippen LogP contribution is 2.25. The van der Waals surface area contributed by atoms with Gasteiger partial charge < -0.3 is 5.73 Å². The zero-order valence-electron chi connectivity index (χ0n) is 9.07. The molecule has 1 saturated carbocycles. The maximum Gasteiger partial charge on any atom is 0.0972 e. The van der Waals surface area contributed by atoms with E-state index in [2.05, 4.69) is 9.98 Å². The van der Waals surface area contributed by atoms with E-state index in [1.165, 1.54) is 30.6 Å². The van der Waals surface area contributed by atoms with Gasteiger partial charge in [0.05, 0.1) is 17.4 Å². The van der Waals surface area contributed by atoms with Crippen LogP contribution in [-0.2, 0) is 6.54 Å². The number of aryl methyl sites for hydroxylation is 1. The van der Waals surface area contributed by atoms with Gasteiger partial charge in [-0.25, -0.2) is 4.98 Å². The summed E-state index contributed by atoms with van der Waals surface area (Å²) in [6, 6.07) is 0. The summed E-state index contributed by atoms with van der Waals surface area (Å²) in [6.07, 6.45) is 6.95. The predicted octanol–water partition coefficient (Wildman–Crippen LogP) is 2.50. The number of amidine groups is 1. The Morgan fingerprint density at radius 3 is 2.93 bits per heavy atom. The summed E-state index contributed by atoms with van der Waals surface area (Å²) in [5, 5.41) is 1.10. The van der Waals surface area contributed by atoms with Gasteiger partial charge in [-0.3, -0.25) is 4.99 Å². The molecule has 0 atom stereocenters. The van der Waals surface area contributed by atoms with Gasteiger partial charge in [-0.2, -0.15) is 0 Å². The monoisotopic (exact) mass is 223 g/mol. The van der Waals surface area contributed by atoms with Crippen molar-refractivity contribution in [3.63, 3.8) is 0 Å². The maximum atomic E-state index is 5.97. The van der Waals surface area contributed by atoms with Crippen molar-refractivity contribution in [3.8, 4) is 0 Å². The summed E-state index contributed by atoms with van der Waals surface area (Å²) in [6.45, 7) is 2.71. The molecule has 0 aromatic carbocycles. The molecule has 1 heterocycles. The summed E-state index contributed by atoms with van der Waals surface area (Å²) in [5.74, 6) is 1.39. The summed E-state index contributed by atoms with van der Waals surface area (Å²) in [5.41, 5.74) is 5.97. The highest BCUT2D eigenvalue weighted by Gasteiger charge is 2.18. The number of hydrogen-bond donors (Lipinski definition) is 1. The van der Waals surface area contributed by atoms with E-state index >= 15 is 0 Å². The summed E-state index contributed by atoms with van der Waals surface area (Å²) in [7, 11) is 0. The normalized spacial score (nSPS) is 18.6. The molecular formula is C11H17N3S. The van der Waals surface area contributed by atoms with Crippen LogP contribution in [0.2, 0.25) is 0 Å². The van der Waals surface area contributed by atoms with E-state index in [4.69, 9.17) is 5.73 Å². The Morgan fingerprint density at radius 1 is 1.60 bits per heavy atom. The molecular weight excluding hydrogens is 206 g/mol. The summed E-state index contributed by atoms with van der Waals surface area (Å²) >= 11 is 1.70. The fraction of sp³-hybridized carbons (Fsp3) is 0.636. The van der Waals surface area contributed by atoms with Crippen molar-refractivity contribution in [2.75, 3.05) is 0 Å². The van der Waals surface area contributed by atoms with Gasteiger partial charge in [0.2, 0.25) is 0 Å². The maximum absolute atomic E-state index is 5.97. The van der Waals surface area contributed by atoms with E-state index in [9.17, 15) is 0 Å². The molecule has 1 aliphatic rings. The lowest BCUT2D eigenvalue weighted by atomic mass is 10.1. The van der Waals surface area contributed by atoms with E-state index < -0.39 is 0 Å². The highest BCUT2D eigenvalue weighted by atomic mass is 32.1. The van der Waals surface area contributed by atoms with Crippen LogP contribution in [0.4, 0.5) is 0 Å². The molecule has 4 heteroatoms. The van der Waals surface area contributed by atoms with E-state index in [0.29, 0.717) is 12.5 Å². The number of nitrogens with two attached hydrogens (primary N) is 1. The Balaban J connectivity index is 1.92. The van der Waals surface area contributed by atoms with Crippen molar-refractivity contribution >= 4 is 17.2 Å². The zero-order chi connectivity index (χ0) is 10.7. The largest absolute Gasteiger partial charge is 0.387 e. The van der Waals surface area contributed by atoms with Gasteiger partial charge in [0.25, 0.3) is 0 Å². The second kappa shape index (κ2) is 4.75. The van der Waals surface area contributed by atoms with E-state index in [1.54, 1.807) is 11.3 Å². The van der Waals surface area contributed by atoms with Crippen molar-refractivity contribution in [2.24, 2.45) is 16.6 Å². The lowest BCUT2D eigenvalue weighted by Crippen LogP contribution is -2.21. The van der Waals surface area contributed by atoms with Crippen LogP contribution in [0.3, 0.4) is 0 Å². The topological polar surface area (TPSA) is 51.3 Å². The molecule has 1 aromatic rings. The average molecular weight is 223 g/mol. The number of aromatic nitrogens is 1. The minimum atomic E-state index is 0.541. The van der Waals surface area contributed by atoms with Gasteiger partial charge >= 0.3 is 0 Å². The lowest BCUT2D eigenvalue weighted by molar-refractivity contribution is 0.716. The Hall–Kier alpha value is -0.900. The van der Waals surface area contributed by atoms with Crippen LogP contribution in [0, 0.1) is 12.8 Å². The molecule has 15 heavy (non-hydrogen) atoms. The molecule has 3 nitrogen and oxygen atoms in total. The molecule has 2 rings (SSSR count). The molecule has 0 aliphatic heterocycles. The fourth-order valence-corrected chi connectivity index (χ4v) is 2.72. The minimum absolute atomic E-state index is 0.541. The molecule has 0 radical (unpaired) electrons. The van der Waals surface area contributed by atoms with Gasteiger partial charge in [0.15, 0.2) is 0 Å². The van der Waals surface area contributed by atoms with Crippen LogP contribution in [0.25, 0.3) is 0 Å². The van der Waals surface area contributed by atoms with Crippen LogP contribution in [-0.4, -0.2) is 10.8 Å². The van der Waals surface area contributed by atoms with Gasteiger partial charge in [-0.15, -0.1) is 11.3 Å². The summed E-state index contributed by atoms with van der Waals surface area (Å²) < 4.78 is 0. The second-order valence-corrected chi connectivity index (χ2v) is 5.39. The molecule has 0 amide bonds. The first-order valence-electron chi connectivity index (χ1n) is 5.47. The first kappa shape index (κ1) is 10.6. The third kappa shape index (κ3) is 2.78. The third-order valence-corrected chi connectivity index (χ3v) is 3.76. The molecule has 1 aromatic heterocycles. The van der Waals surface area contributed by atoms with Crippen LogP contribution in [0.15, 0.2) is 11.2 Å². The summed E-state index contributed by atoms with van der Waals surface area (Å²) in [4.78, 5) is 9.86. The molecule has 1 aliphatic carbocycles. The van der Waals surface area contributed by atoms with Gasteiger partial charge in [0.1, 0.15) is 0 Å². The number of nitrogens with zero attached hydrogens (tertiary/aromatic N) is 2. The SMILES string of the molecule is Cc1ncc(CN=C(N)C2CCCC2)s1. The highest BCUT2D eigenvalue weighted by molar-refractivity contribution is 7.11. The fourth-order valence-electron chi connectivity index (χ4n) is 2.00. The average Bonchev–Trinajstić information content (AvgIpc) is 2.84. The molecule has 1 fully saturated rings. The first-order valence-corrected chi connectivity index (χ1v) is 6.28. The van der Waals surface area contributed by atoms with E-state index in [0.717, 1.165) is 10.8 Å². The predicted molar refractivity (Wildman–Crippen MR) is 64.1 cm³/mol. The van der Waals surface area contributed by atoms with Crippen molar-refractivity contribution in [1.29, 1.82) is 0 Å². The first-order chi connectivity index (χ1) is 7.25. The second-order valence-electron chi connectivity index (χ2n) is 4.07. The Bertz CT molecular complexity index is 350. The lowest BCUT2D eigenvalue weighted by Gasteiger charge is -2.07. The zero-order valence-corrected chi connectivity index (χ0v) is 9.89. The molecule has 82 valence electrons. The standard InChI is InChI=1S/C11H17N3S/c1-8-13-6-10(15-8)7-14-11(12)9-4-2-3-5-9/h6,9H,2-5,7H2,1H3,(H2,12,14). The van der Waals surface area contributed by atoms with Gasteiger partial charge in [-0.05, 0) is 19.8 Å². The molecule has 0 spiro atoms. The molecule has 0 bridgehead atoms. The van der Waals surface area contributed by atoms with Gasteiger partial charge in [-0.1, -0.05) is 12.8 Å². The smallest absolute Gasteiger partial charge is 0.0972 e. The number of hydrogen-bond acceptors (Lipinski definition) is 3. The van der Waals surface area contributed by atoms with Crippen LogP contribution in [0.5, 0.6) is 0 Å². The van der Waals surface area contributed by atoms with Crippen molar-refractivity contribution in [3.05, 3.63) is 16.1 Å². The van der Waals surface area contributed by atoms with Crippen LogP contribution in [0.1, 0.15) is 35.6 Å². The quantitative estimate of drug-likeness (QED) is 0.632. The molecule has 0 saturated heterocycles. The Labute approximate surface area is 94.4 Å². The van der Waals surface area contributed by atoms with Gasteiger partial charge in [0, 0.05) is 17.0 Å². The van der Waals surface area contributed by atoms with E-state index in [1.807, 2.05) is 13.1 Å². The van der Waals surface area contributed by atoms with Crippen molar-refractivity contribution < 1.29 is 0 Å². The molecule has 0 unspecified atom stereocenters. The van der Waals surface area contributed by atoms with Crippen LogP contribution >= 0.6 is 11.3 Å². The minimum Gasteiger partial charge on any atom is -0.387 e.